The van der Waals surface area contributed by atoms with Gasteiger partial charge in [-0.05, 0) is 85.9 Å². The molecule has 4 rings (SSSR count). The molecule has 0 heterocycles. The molecule has 3 unspecified atom stereocenters. The molecular formula is C24H36O3. The van der Waals surface area contributed by atoms with Crippen LogP contribution >= 0.6 is 0 Å². The van der Waals surface area contributed by atoms with Gasteiger partial charge in [-0.15, -0.1) is 0 Å². The van der Waals surface area contributed by atoms with Crippen molar-refractivity contribution in [2.24, 2.45) is 40.4 Å². The van der Waals surface area contributed by atoms with Crippen LogP contribution in [0.3, 0.4) is 0 Å². The highest BCUT2D eigenvalue weighted by Gasteiger charge is 2.59. The van der Waals surface area contributed by atoms with E-state index in [1.54, 1.807) is 5.57 Å². The van der Waals surface area contributed by atoms with E-state index in [4.69, 9.17) is 4.74 Å². The molecule has 0 amide bonds. The lowest BCUT2D eigenvalue weighted by Crippen LogP contribution is -2.50. The number of allylic oxidation sites excluding steroid dienone is 2. The molecule has 3 nitrogen and oxygen atoms in total. The lowest BCUT2D eigenvalue weighted by atomic mass is 9.47. The Morgan fingerprint density at radius 1 is 1.11 bits per heavy atom. The minimum absolute atomic E-state index is 0.0317. The first-order chi connectivity index (χ1) is 12.8. The second kappa shape index (κ2) is 6.74. The zero-order chi connectivity index (χ0) is 19.4. The number of rotatable bonds is 3. The van der Waals surface area contributed by atoms with Crippen LogP contribution in [0.2, 0.25) is 0 Å². The first-order valence-electron chi connectivity index (χ1n) is 11.1. The van der Waals surface area contributed by atoms with Gasteiger partial charge in [0.15, 0.2) is 5.78 Å². The van der Waals surface area contributed by atoms with Crippen molar-refractivity contribution in [2.75, 3.05) is 6.61 Å². The third-order valence-electron chi connectivity index (χ3n) is 9.16. The lowest BCUT2D eigenvalue weighted by Gasteiger charge is -2.58. The standard InChI is InChI=1S/C24H36O3/c1-15-9-11-23(3)17(13-15)5-6-18-19-7-8-21(22(26)14-27-16(2)25)24(19,4)12-10-20(18)23/h5,15,18-21H,6-14H2,1-4H3/t15-,18?,19?,20?,21+,23-,24-/m0/s1. The Hall–Kier alpha value is -1.12. The van der Waals surface area contributed by atoms with E-state index in [2.05, 4.69) is 26.8 Å². The van der Waals surface area contributed by atoms with Gasteiger partial charge in [0.05, 0.1) is 0 Å². The summed E-state index contributed by atoms with van der Waals surface area (Å²) in [6.07, 6.45) is 12.4. The summed E-state index contributed by atoms with van der Waals surface area (Å²) in [5, 5.41) is 0. The summed E-state index contributed by atoms with van der Waals surface area (Å²) in [7, 11) is 0. The molecule has 7 atom stereocenters. The first-order valence-corrected chi connectivity index (χ1v) is 11.1. The molecule has 0 saturated heterocycles. The van der Waals surface area contributed by atoms with Crippen molar-refractivity contribution in [1.82, 2.24) is 0 Å². The fraction of sp³-hybridized carbons (Fsp3) is 0.833. The quantitative estimate of drug-likeness (QED) is 0.496. The molecule has 0 aromatic rings. The maximum absolute atomic E-state index is 12.8. The van der Waals surface area contributed by atoms with E-state index in [1.807, 2.05) is 0 Å². The van der Waals surface area contributed by atoms with Gasteiger partial charge in [0.2, 0.25) is 0 Å². The Bertz CT molecular complexity index is 665. The SMILES string of the molecule is CC(=O)OCC(=O)[C@H]1CCC2C3CC=C4C[C@@H](C)CC[C@]4(C)C3CC[C@@]21C. The maximum Gasteiger partial charge on any atom is 0.303 e. The van der Waals surface area contributed by atoms with Crippen molar-refractivity contribution < 1.29 is 14.3 Å². The van der Waals surface area contributed by atoms with Gasteiger partial charge in [-0.25, -0.2) is 0 Å². The van der Waals surface area contributed by atoms with E-state index in [0.717, 1.165) is 30.6 Å². The monoisotopic (exact) mass is 372 g/mol. The molecule has 0 aromatic heterocycles. The highest BCUT2D eigenvalue weighted by molar-refractivity contribution is 5.85. The van der Waals surface area contributed by atoms with Crippen molar-refractivity contribution >= 4 is 11.8 Å². The third-order valence-corrected chi connectivity index (χ3v) is 9.16. The van der Waals surface area contributed by atoms with E-state index in [1.165, 1.54) is 45.4 Å². The largest absolute Gasteiger partial charge is 0.458 e. The number of carbonyl (C=O) groups excluding carboxylic acids is 2. The van der Waals surface area contributed by atoms with Gasteiger partial charge in [0.25, 0.3) is 0 Å². The van der Waals surface area contributed by atoms with Gasteiger partial charge in [-0.1, -0.05) is 32.4 Å². The molecule has 150 valence electrons. The van der Waals surface area contributed by atoms with Crippen LogP contribution in [0.4, 0.5) is 0 Å². The maximum atomic E-state index is 12.8. The molecule has 4 aliphatic rings. The average molecular weight is 373 g/mol. The van der Waals surface area contributed by atoms with Crippen molar-refractivity contribution in [1.29, 1.82) is 0 Å². The van der Waals surface area contributed by atoms with Crippen molar-refractivity contribution in [3.05, 3.63) is 11.6 Å². The third kappa shape index (κ3) is 3.00. The summed E-state index contributed by atoms with van der Waals surface area (Å²) < 4.78 is 5.05. The van der Waals surface area contributed by atoms with Crippen molar-refractivity contribution in [3.8, 4) is 0 Å². The second-order valence-electron chi connectivity index (χ2n) is 10.5. The minimum atomic E-state index is -0.351. The Kier molecular flexibility index (Phi) is 4.79. The molecule has 3 saturated carbocycles. The first kappa shape index (κ1) is 19.2. The number of hydrogen-bond donors (Lipinski definition) is 0. The summed E-state index contributed by atoms with van der Waals surface area (Å²) in [6, 6.07) is 0. The number of Topliss-reactive ketones (excluding diaryl/α,β-unsaturated/α-hetero) is 1. The number of ketones is 1. The summed E-state index contributed by atoms with van der Waals surface area (Å²) in [4.78, 5) is 23.9. The lowest BCUT2D eigenvalue weighted by molar-refractivity contribution is -0.149. The fourth-order valence-electron chi connectivity index (χ4n) is 7.65. The molecule has 3 fully saturated rings. The van der Waals surface area contributed by atoms with Crippen molar-refractivity contribution in [3.63, 3.8) is 0 Å². The molecule has 0 radical (unpaired) electrons. The number of fused-ring (bicyclic) bond motifs is 5. The molecular weight excluding hydrogens is 336 g/mol. The molecule has 0 aromatic carbocycles. The highest BCUT2D eigenvalue weighted by Crippen LogP contribution is 2.66. The van der Waals surface area contributed by atoms with E-state index in [-0.39, 0.29) is 29.7 Å². The predicted octanol–water partition coefficient (Wildman–Crippen LogP) is 5.33. The molecule has 0 bridgehead atoms. The van der Waals surface area contributed by atoms with Gasteiger partial charge in [0.1, 0.15) is 6.61 Å². The summed E-state index contributed by atoms with van der Waals surface area (Å²) in [6.45, 7) is 8.66. The Labute approximate surface area is 164 Å². The zero-order valence-electron chi connectivity index (χ0n) is 17.6. The minimum Gasteiger partial charge on any atom is -0.458 e. The van der Waals surface area contributed by atoms with Crippen LogP contribution in [0.25, 0.3) is 0 Å². The molecule has 3 heteroatoms. The number of hydrogen-bond acceptors (Lipinski definition) is 3. The van der Waals surface area contributed by atoms with E-state index < -0.39 is 0 Å². The molecule has 27 heavy (non-hydrogen) atoms. The van der Waals surface area contributed by atoms with Gasteiger partial charge < -0.3 is 4.74 Å². The Morgan fingerprint density at radius 3 is 2.63 bits per heavy atom. The normalized spacial score (nSPS) is 45.9. The van der Waals surface area contributed by atoms with Crippen LogP contribution in [0.1, 0.15) is 79.1 Å². The highest BCUT2D eigenvalue weighted by atomic mass is 16.5. The number of ether oxygens (including phenoxy) is 1. The van der Waals surface area contributed by atoms with Crippen molar-refractivity contribution in [2.45, 2.75) is 79.1 Å². The fourth-order valence-corrected chi connectivity index (χ4v) is 7.65. The van der Waals surface area contributed by atoms with Gasteiger partial charge in [-0.2, -0.15) is 0 Å². The summed E-state index contributed by atoms with van der Waals surface area (Å²) in [5.41, 5.74) is 2.24. The van der Waals surface area contributed by atoms with Gasteiger partial charge in [-0.3, -0.25) is 9.59 Å². The predicted molar refractivity (Wildman–Crippen MR) is 106 cm³/mol. The molecule has 0 spiro atoms. The topological polar surface area (TPSA) is 43.4 Å². The van der Waals surface area contributed by atoms with Crippen LogP contribution in [-0.2, 0) is 14.3 Å². The van der Waals surface area contributed by atoms with Crippen LogP contribution in [0.15, 0.2) is 11.6 Å². The zero-order valence-corrected chi connectivity index (χ0v) is 17.6. The molecule has 0 N–H and O–H groups in total. The van der Waals surface area contributed by atoms with Crippen LogP contribution < -0.4 is 0 Å². The van der Waals surface area contributed by atoms with Gasteiger partial charge >= 0.3 is 5.97 Å². The molecule has 4 aliphatic carbocycles. The number of carbonyl (C=O) groups is 2. The number of esters is 1. The van der Waals surface area contributed by atoms with Crippen LogP contribution in [-0.4, -0.2) is 18.4 Å². The summed E-state index contributed by atoms with van der Waals surface area (Å²) >= 11 is 0. The van der Waals surface area contributed by atoms with E-state index in [0.29, 0.717) is 11.3 Å². The Morgan fingerprint density at radius 2 is 1.89 bits per heavy atom. The Balaban J connectivity index is 1.55. The van der Waals surface area contributed by atoms with Crippen LogP contribution in [0.5, 0.6) is 0 Å². The second-order valence-corrected chi connectivity index (χ2v) is 10.5. The van der Waals surface area contributed by atoms with Crippen LogP contribution in [0, 0.1) is 40.4 Å². The van der Waals surface area contributed by atoms with Gasteiger partial charge in [0, 0.05) is 12.8 Å². The smallest absolute Gasteiger partial charge is 0.303 e. The summed E-state index contributed by atoms with van der Waals surface area (Å²) in [5.74, 6) is 2.89. The van der Waals surface area contributed by atoms with E-state index >= 15 is 0 Å². The van der Waals surface area contributed by atoms with E-state index in [9.17, 15) is 9.59 Å². The molecule has 0 aliphatic heterocycles. The average Bonchev–Trinajstić information content (AvgIpc) is 2.97.